The first-order valence-electron chi connectivity index (χ1n) is 7.22. The zero-order valence-electron chi connectivity index (χ0n) is 13.6. The summed E-state index contributed by atoms with van der Waals surface area (Å²) in [6, 6.07) is 6.61. The topological polar surface area (TPSA) is 0 Å². The van der Waals surface area contributed by atoms with Crippen molar-refractivity contribution in [1.82, 2.24) is 0 Å². The zero-order valence-corrected chi connectivity index (χ0v) is 16.7. The first-order chi connectivity index (χ1) is 9.73. The minimum absolute atomic E-state index is 0.228. The highest BCUT2D eigenvalue weighted by Gasteiger charge is 2.20. The molecule has 0 saturated heterocycles. The Kier molecular flexibility index (Phi) is 4.99. The number of alkyl halides is 1. The van der Waals surface area contributed by atoms with E-state index in [0.717, 1.165) is 4.47 Å². The van der Waals surface area contributed by atoms with Crippen LogP contribution in [0.4, 0.5) is 0 Å². The predicted octanol–water partition coefficient (Wildman–Crippen LogP) is 6.78. The second kappa shape index (κ2) is 6.26. The van der Waals surface area contributed by atoms with Crippen LogP contribution in [-0.4, -0.2) is 0 Å². The summed E-state index contributed by atoms with van der Waals surface area (Å²) in [5.41, 5.74) is 11.0. The number of rotatable bonds is 2. The lowest BCUT2D eigenvalue weighted by Crippen LogP contribution is -2.06. The molecule has 0 amide bonds. The molecule has 0 aliphatic rings. The molecule has 0 aromatic heterocycles. The Labute approximate surface area is 145 Å². The molecule has 0 fully saturated rings. The van der Waals surface area contributed by atoms with Crippen molar-refractivity contribution < 1.29 is 0 Å². The Balaban J connectivity index is 2.66. The number of benzene rings is 2. The normalized spacial score (nSPS) is 12.6. The first-order valence-corrected chi connectivity index (χ1v) is 8.93. The molecular weight excluding hydrogens is 388 g/mol. The largest absolute Gasteiger partial charge is 0.0786 e. The molecule has 2 aromatic rings. The molecular formula is C19H22Br2. The maximum atomic E-state index is 3.94. The highest BCUT2D eigenvalue weighted by molar-refractivity contribution is 9.10. The smallest absolute Gasteiger partial charge is 0.0650 e. The SMILES string of the molecule is Cc1cc(Br)cc(C(Br)c2c(C)c(C)c(C)c(C)c2C)c1. The van der Waals surface area contributed by atoms with Crippen LogP contribution in [-0.2, 0) is 0 Å². The van der Waals surface area contributed by atoms with Crippen molar-refractivity contribution in [3.8, 4) is 0 Å². The summed E-state index contributed by atoms with van der Waals surface area (Å²) in [6.45, 7) is 13.3. The summed E-state index contributed by atoms with van der Waals surface area (Å²) < 4.78 is 1.14. The molecule has 21 heavy (non-hydrogen) atoms. The molecule has 0 nitrogen and oxygen atoms in total. The summed E-state index contributed by atoms with van der Waals surface area (Å²) in [6.07, 6.45) is 0. The van der Waals surface area contributed by atoms with Crippen molar-refractivity contribution in [1.29, 1.82) is 0 Å². The minimum Gasteiger partial charge on any atom is -0.0786 e. The van der Waals surface area contributed by atoms with Crippen molar-refractivity contribution in [2.75, 3.05) is 0 Å². The van der Waals surface area contributed by atoms with Crippen molar-refractivity contribution in [2.24, 2.45) is 0 Å². The van der Waals surface area contributed by atoms with Crippen molar-refractivity contribution in [2.45, 2.75) is 46.4 Å². The van der Waals surface area contributed by atoms with Gasteiger partial charge in [0.05, 0.1) is 4.83 Å². The van der Waals surface area contributed by atoms with Gasteiger partial charge in [0.15, 0.2) is 0 Å². The molecule has 0 bridgehead atoms. The molecule has 0 N–H and O–H groups in total. The Bertz CT molecular complexity index is 650. The lowest BCUT2D eigenvalue weighted by molar-refractivity contribution is 1.05. The molecule has 1 unspecified atom stereocenters. The molecule has 0 spiro atoms. The van der Waals surface area contributed by atoms with Crippen molar-refractivity contribution in [3.63, 3.8) is 0 Å². The maximum absolute atomic E-state index is 3.94. The average Bonchev–Trinajstić information content (AvgIpc) is 2.42. The van der Waals surface area contributed by atoms with E-state index in [1.54, 1.807) is 0 Å². The third-order valence-corrected chi connectivity index (χ3v) is 6.11. The average molecular weight is 410 g/mol. The van der Waals surface area contributed by atoms with Crippen LogP contribution in [0.5, 0.6) is 0 Å². The van der Waals surface area contributed by atoms with Crippen LogP contribution in [0.1, 0.15) is 49.3 Å². The van der Waals surface area contributed by atoms with Crippen LogP contribution in [0, 0.1) is 41.5 Å². The molecule has 2 aromatic carbocycles. The molecule has 0 aliphatic heterocycles. The molecule has 0 saturated carbocycles. The van der Waals surface area contributed by atoms with Crippen LogP contribution in [0.2, 0.25) is 0 Å². The summed E-state index contributed by atoms with van der Waals surface area (Å²) in [5.74, 6) is 0. The van der Waals surface area contributed by atoms with Crippen molar-refractivity contribution >= 4 is 31.9 Å². The monoisotopic (exact) mass is 408 g/mol. The van der Waals surface area contributed by atoms with Crippen LogP contribution < -0.4 is 0 Å². The van der Waals surface area contributed by atoms with E-state index in [-0.39, 0.29) is 4.83 Å². The van der Waals surface area contributed by atoms with E-state index >= 15 is 0 Å². The number of halogens is 2. The fourth-order valence-corrected chi connectivity index (χ4v) is 4.56. The van der Waals surface area contributed by atoms with Gasteiger partial charge in [-0.3, -0.25) is 0 Å². The Morgan fingerprint density at radius 3 is 1.67 bits per heavy atom. The molecule has 0 heterocycles. The van der Waals surface area contributed by atoms with Gasteiger partial charge in [-0.1, -0.05) is 37.9 Å². The fourth-order valence-electron chi connectivity index (χ4n) is 2.99. The summed E-state index contributed by atoms with van der Waals surface area (Å²) >= 11 is 7.55. The van der Waals surface area contributed by atoms with Crippen LogP contribution in [0.3, 0.4) is 0 Å². The molecule has 2 rings (SSSR count). The van der Waals surface area contributed by atoms with E-state index in [0.29, 0.717) is 0 Å². The lowest BCUT2D eigenvalue weighted by Gasteiger charge is -2.23. The second-order valence-electron chi connectivity index (χ2n) is 5.96. The predicted molar refractivity (Wildman–Crippen MR) is 99.8 cm³/mol. The Hall–Kier alpha value is -0.600. The van der Waals surface area contributed by atoms with Crippen LogP contribution in [0.15, 0.2) is 22.7 Å². The van der Waals surface area contributed by atoms with Gasteiger partial charge in [0, 0.05) is 4.47 Å². The van der Waals surface area contributed by atoms with Gasteiger partial charge in [-0.15, -0.1) is 0 Å². The van der Waals surface area contributed by atoms with E-state index < -0.39 is 0 Å². The van der Waals surface area contributed by atoms with E-state index in [4.69, 9.17) is 0 Å². The van der Waals surface area contributed by atoms with Gasteiger partial charge < -0.3 is 0 Å². The van der Waals surface area contributed by atoms with Gasteiger partial charge in [-0.2, -0.15) is 0 Å². The lowest BCUT2D eigenvalue weighted by atomic mass is 9.86. The number of hydrogen-bond donors (Lipinski definition) is 0. The minimum atomic E-state index is 0.228. The summed E-state index contributed by atoms with van der Waals surface area (Å²) in [5, 5.41) is 0. The molecule has 0 aliphatic carbocycles. The van der Waals surface area contributed by atoms with Gasteiger partial charge in [0.1, 0.15) is 0 Å². The highest BCUT2D eigenvalue weighted by atomic mass is 79.9. The van der Waals surface area contributed by atoms with Gasteiger partial charge in [0.25, 0.3) is 0 Å². The van der Waals surface area contributed by atoms with Gasteiger partial charge >= 0.3 is 0 Å². The van der Waals surface area contributed by atoms with Crippen molar-refractivity contribution in [3.05, 3.63) is 67.2 Å². The molecule has 2 heteroatoms. The van der Waals surface area contributed by atoms with E-state index in [2.05, 4.69) is 91.6 Å². The first kappa shape index (κ1) is 16.8. The number of aryl methyl sites for hydroxylation is 1. The quantitative estimate of drug-likeness (QED) is 0.479. The maximum Gasteiger partial charge on any atom is 0.0650 e. The standard InChI is InChI=1S/C19H22Br2/c1-10-7-16(9-17(20)8-10)19(21)18-14(5)12(3)11(2)13(4)15(18)6/h7-9,19H,1-6H3. The zero-order chi connectivity index (χ0) is 15.9. The highest BCUT2D eigenvalue weighted by Crippen LogP contribution is 2.39. The van der Waals surface area contributed by atoms with Gasteiger partial charge in [-0.25, -0.2) is 0 Å². The molecule has 0 radical (unpaired) electrons. The van der Waals surface area contributed by atoms with E-state index in [9.17, 15) is 0 Å². The summed E-state index contributed by atoms with van der Waals surface area (Å²) in [7, 11) is 0. The van der Waals surface area contributed by atoms with E-state index in [1.807, 2.05) is 0 Å². The molecule has 1 atom stereocenters. The molecule has 112 valence electrons. The van der Waals surface area contributed by atoms with E-state index in [1.165, 1.54) is 44.5 Å². The Morgan fingerprint density at radius 2 is 1.19 bits per heavy atom. The Morgan fingerprint density at radius 1 is 0.714 bits per heavy atom. The third-order valence-electron chi connectivity index (χ3n) is 4.67. The fraction of sp³-hybridized carbons (Fsp3) is 0.368. The third kappa shape index (κ3) is 3.12. The van der Waals surface area contributed by atoms with Gasteiger partial charge in [0.2, 0.25) is 0 Å². The van der Waals surface area contributed by atoms with Crippen LogP contribution >= 0.6 is 31.9 Å². The van der Waals surface area contributed by atoms with Gasteiger partial charge in [-0.05, 0) is 98.2 Å². The summed E-state index contributed by atoms with van der Waals surface area (Å²) in [4.78, 5) is 0.228. The number of hydrogen-bond acceptors (Lipinski definition) is 0. The van der Waals surface area contributed by atoms with Crippen LogP contribution in [0.25, 0.3) is 0 Å². The second-order valence-corrected chi connectivity index (χ2v) is 7.79.